The zero-order valence-electron chi connectivity index (χ0n) is 9.07. The van der Waals surface area contributed by atoms with Gasteiger partial charge in [-0.1, -0.05) is 11.6 Å². The van der Waals surface area contributed by atoms with Gasteiger partial charge in [-0.05, 0) is 11.6 Å². The number of hydrogen-bond acceptors (Lipinski definition) is 4. The molecule has 1 fully saturated rings. The molecule has 0 bridgehead atoms. The predicted molar refractivity (Wildman–Crippen MR) is 63.0 cm³/mol. The van der Waals surface area contributed by atoms with Crippen molar-refractivity contribution in [3.05, 3.63) is 22.2 Å². The van der Waals surface area contributed by atoms with E-state index in [0.29, 0.717) is 11.7 Å². The van der Waals surface area contributed by atoms with Crippen LogP contribution >= 0.6 is 23.2 Å². The zero-order valence-corrected chi connectivity index (χ0v) is 10.6. The SMILES string of the molecule is FCCOC1CN(Cc2cnc(Cl)nc2Cl)C1. The number of likely N-dealkylation sites (tertiary alicyclic amines) is 1. The van der Waals surface area contributed by atoms with Crippen molar-refractivity contribution in [2.45, 2.75) is 12.6 Å². The van der Waals surface area contributed by atoms with Gasteiger partial charge in [-0.25, -0.2) is 14.4 Å². The van der Waals surface area contributed by atoms with E-state index in [9.17, 15) is 4.39 Å². The summed E-state index contributed by atoms with van der Waals surface area (Å²) < 4.78 is 17.1. The average Bonchev–Trinajstić information content (AvgIpc) is 2.24. The third-order valence-electron chi connectivity index (χ3n) is 2.53. The molecule has 0 aliphatic carbocycles. The van der Waals surface area contributed by atoms with Crippen LogP contribution in [-0.4, -0.2) is 47.3 Å². The van der Waals surface area contributed by atoms with Crippen LogP contribution in [0.1, 0.15) is 5.56 Å². The van der Waals surface area contributed by atoms with E-state index in [-0.39, 0.29) is 18.0 Å². The first kappa shape index (κ1) is 13.0. The van der Waals surface area contributed by atoms with Gasteiger partial charge < -0.3 is 4.74 Å². The Balaban J connectivity index is 1.79. The van der Waals surface area contributed by atoms with Crippen LogP contribution in [0.4, 0.5) is 4.39 Å². The summed E-state index contributed by atoms with van der Waals surface area (Å²) in [6, 6.07) is 0. The fraction of sp³-hybridized carbons (Fsp3) is 0.600. The van der Waals surface area contributed by atoms with Crippen LogP contribution in [0.3, 0.4) is 0 Å². The summed E-state index contributed by atoms with van der Waals surface area (Å²) in [6.45, 7) is 1.94. The van der Waals surface area contributed by atoms with Gasteiger partial charge in [-0.2, -0.15) is 0 Å². The summed E-state index contributed by atoms with van der Waals surface area (Å²) in [7, 11) is 0. The molecule has 0 saturated carbocycles. The number of hydrogen-bond donors (Lipinski definition) is 0. The van der Waals surface area contributed by atoms with E-state index in [1.807, 2.05) is 0 Å². The highest BCUT2D eigenvalue weighted by Gasteiger charge is 2.27. The topological polar surface area (TPSA) is 38.2 Å². The van der Waals surface area contributed by atoms with Crippen molar-refractivity contribution in [3.63, 3.8) is 0 Å². The van der Waals surface area contributed by atoms with Gasteiger partial charge in [-0.15, -0.1) is 0 Å². The van der Waals surface area contributed by atoms with E-state index in [2.05, 4.69) is 14.9 Å². The molecule has 7 heteroatoms. The molecule has 0 spiro atoms. The summed E-state index contributed by atoms with van der Waals surface area (Å²) in [5, 5.41) is 0.518. The van der Waals surface area contributed by atoms with E-state index in [4.69, 9.17) is 27.9 Å². The quantitative estimate of drug-likeness (QED) is 0.610. The Labute approximate surface area is 109 Å². The maximum Gasteiger partial charge on any atom is 0.223 e. The zero-order chi connectivity index (χ0) is 12.3. The van der Waals surface area contributed by atoms with Crippen LogP contribution in [0.5, 0.6) is 0 Å². The highest BCUT2D eigenvalue weighted by Crippen LogP contribution is 2.20. The van der Waals surface area contributed by atoms with Crippen molar-refractivity contribution in [1.82, 2.24) is 14.9 Å². The summed E-state index contributed by atoms with van der Waals surface area (Å²) in [5.74, 6) is 0. The number of aromatic nitrogens is 2. The molecule has 17 heavy (non-hydrogen) atoms. The van der Waals surface area contributed by atoms with Crippen LogP contribution in [0.2, 0.25) is 10.4 Å². The normalized spacial score (nSPS) is 17.1. The molecule has 1 aliphatic rings. The first-order valence-corrected chi connectivity index (χ1v) is 6.01. The van der Waals surface area contributed by atoms with Crippen molar-refractivity contribution in [2.24, 2.45) is 0 Å². The third kappa shape index (κ3) is 3.48. The van der Waals surface area contributed by atoms with Crippen molar-refractivity contribution in [2.75, 3.05) is 26.4 Å². The molecule has 0 N–H and O–H groups in total. The first-order valence-electron chi connectivity index (χ1n) is 5.26. The molecule has 1 aromatic rings. The minimum absolute atomic E-state index is 0.123. The first-order chi connectivity index (χ1) is 8.19. The minimum atomic E-state index is -0.437. The summed E-state index contributed by atoms with van der Waals surface area (Å²) >= 11 is 11.5. The van der Waals surface area contributed by atoms with E-state index in [0.717, 1.165) is 18.7 Å². The molecular formula is C10H12Cl2FN3O. The van der Waals surface area contributed by atoms with Gasteiger partial charge in [0, 0.05) is 31.4 Å². The van der Waals surface area contributed by atoms with Crippen molar-refractivity contribution < 1.29 is 9.13 Å². The van der Waals surface area contributed by atoms with Crippen molar-refractivity contribution in [1.29, 1.82) is 0 Å². The maximum atomic E-state index is 11.9. The smallest absolute Gasteiger partial charge is 0.223 e. The Morgan fingerprint density at radius 1 is 1.47 bits per heavy atom. The molecule has 1 saturated heterocycles. The van der Waals surface area contributed by atoms with E-state index < -0.39 is 6.67 Å². The Kier molecular flexibility index (Phi) is 4.50. The molecule has 0 amide bonds. The van der Waals surface area contributed by atoms with Gasteiger partial charge >= 0.3 is 0 Å². The monoisotopic (exact) mass is 279 g/mol. The molecule has 0 atom stereocenters. The van der Waals surface area contributed by atoms with Gasteiger partial charge in [0.25, 0.3) is 0 Å². The number of nitrogens with zero attached hydrogens (tertiary/aromatic N) is 3. The molecule has 0 unspecified atom stereocenters. The molecule has 2 rings (SSSR count). The second-order valence-corrected chi connectivity index (χ2v) is 4.53. The lowest BCUT2D eigenvalue weighted by atomic mass is 10.1. The molecule has 0 aromatic carbocycles. The summed E-state index contributed by atoms with van der Waals surface area (Å²) in [4.78, 5) is 9.87. The highest BCUT2D eigenvalue weighted by molar-refractivity contribution is 6.32. The van der Waals surface area contributed by atoms with E-state index in [1.165, 1.54) is 0 Å². The molecule has 4 nitrogen and oxygen atoms in total. The lowest BCUT2D eigenvalue weighted by Gasteiger charge is -2.38. The maximum absolute atomic E-state index is 11.9. The van der Waals surface area contributed by atoms with E-state index in [1.54, 1.807) is 6.20 Å². The Bertz CT molecular complexity index is 388. The predicted octanol–water partition coefficient (Wildman–Crippen LogP) is 1.95. The molecule has 2 heterocycles. The molecular weight excluding hydrogens is 268 g/mol. The van der Waals surface area contributed by atoms with Crippen molar-refractivity contribution in [3.8, 4) is 0 Å². The number of halogens is 3. The van der Waals surface area contributed by atoms with Crippen LogP contribution in [0.15, 0.2) is 6.20 Å². The van der Waals surface area contributed by atoms with Gasteiger partial charge in [0.15, 0.2) is 0 Å². The number of ether oxygens (including phenoxy) is 1. The van der Waals surface area contributed by atoms with Gasteiger partial charge in [0.05, 0.1) is 12.7 Å². The minimum Gasteiger partial charge on any atom is -0.373 e. The Morgan fingerprint density at radius 2 is 2.24 bits per heavy atom. The second-order valence-electron chi connectivity index (χ2n) is 3.83. The van der Waals surface area contributed by atoms with Crippen LogP contribution in [0, 0.1) is 0 Å². The molecule has 94 valence electrons. The fourth-order valence-electron chi connectivity index (χ4n) is 1.68. The lowest BCUT2D eigenvalue weighted by Crippen LogP contribution is -2.51. The Morgan fingerprint density at radius 3 is 2.88 bits per heavy atom. The van der Waals surface area contributed by atoms with Crippen molar-refractivity contribution >= 4 is 23.2 Å². The molecule has 0 radical (unpaired) electrons. The van der Waals surface area contributed by atoms with Crippen LogP contribution < -0.4 is 0 Å². The third-order valence-corrected chi connectivity index (χ3v) is 3.04. The standard InChI is InChI=1S/C10H12Cl2FN3O/c11-9-7(3-14-10(12)15-9)4-16-5-8(6-16)17-2-1-13/h3,8H,1-2,4-6H2. The highest BCUT2D eigenvalue weighted by atomic mass is 35.5. The molecule has 1 aromatic heterocycles. The second kappa shape index (κ2) is 5.91. The summed E-state index contributed by atoms with van der Waals surface area (Å²) in [5.41, 5.74) is 0.833. The van der Waals surface area contributed by atoms with Gasteiger partial charge in [-0.3, -0.25) is 4.90 Å². The number of alkyl halides is 1. The fourth-order valence-corrected chi connectivity index (χ4v) is 2.05. The van der Waals surface area contributed by atoms with Gasteiger partial charge in [0.2, 0.25) is 5.28 Å². The summed E-state index contributed by atoms with van der Waals surface area (Å²) in [6.07, 6.45) is 1.74. The molecule has 1 aliphatic heterocycles. The van der Waals surface area contributed by atoms with Crippen LogP contribution in [-0.2, 0) is 11.3 Å². The lowest BCUT2D eigenvalue weighted by molar-refractivity contribution is -0.0608. The van der Waals surface area contributed by atoms with E-state index >= 15 is 0 Å². The largest absolute Gasteiger partial charge is 0.373 e. The Hall–Kier alpha value is -0.490. The average molecular weight is 280 g/mol. The van der Waals surface area contributed by atoms with Crippen LogP contribution in [0.25, 0.3) is 0 Å². The number of rotatable bonds is 5. The van der Waals surface area contributed by atoms with Gasteiger partial charge in [0.1, 0.15) is 11.8 Å².